The van der Waals surface area contributed by atoms with Crippen molar-refractivity contribution in [1.29, 1.82) is 0 Å². The normalized spacial score (nSPS) is 16.2. The number of aromatic nitrogens is 1. The Morgan fingerprint density at radius 2 is 2.04 bits per heavy atom. The van der Waals surface area contributed by atoms with E-state index in [1.165, 1.54) is 22.5 Å². The molecule has 0 radical (unpaired) electrons. The van der Waals surface area contributed by atoms with Gasteiger partial charge in [0.2, 0.25) is 0 Å². The largest absolute Gasteiger partial charge is 0.371 e. The molecule has 3 aromatic rings. The number of para-hydroxylation sites is 1. The highest BCUT2D eigenvalue weighted by molar-refractivity contribution is 7.20. The molecule has 2 aromatic heterocycles. The molecular formula is C19H19Cl2N3OS. The number of rotatable bonds is 6. The minimum Gasteiger partial charge on any atom is -0.371 e. The van der Waals surface area contributed by atoms with Crippen LogP contribution in [0.15, 0.2) is 35.1 Å². The summed E-state index contributed by atoms with van der Waals surface area (Å²) in [7, 11) is 0. The summed E-state index contributed by atoms with van der Waals surface area (Å²) in [5.41, 5.74) is 3.28. The van der Waals surface area contributed by atoms with Gasteiger partial charge in [-0.1, -0.05) is 35.3 Å². The quantitative estimate of drug-likeness (QED) is 0.505. The molecule has 3 N–H and O–H groups in total. The molecule has 26 heavy (non-hydrogen) atoms. The molecule has 2 heterocycles. The highest BCUT2D eigenvalue weighted by Gasteiger charge is 2.28. The van der Waals surface area contributed by atoms with Gasteiger partial charge in [-0.05, 0) is 43.5 Å². The van der Waals surface area contributed by atoms with E-state index in [-0.39, 0.29) is 5.43 Å². The lowest BCUT2D eigenvalue weighted by Gasteiger charge is -2.14. The molecule has 0 amide bonds. The third-order valence-corrected chi connectivity index (χ3v) is 6.50. The van der Waals surface area contributed by atoms with Gasteiger partial charge in [-0.25, -0.2) is 0 Å². The number of pyridine rings is 1. The van der Waals surface area contributed by atoms with Crippen LogP contribution in [0, 0.1) is 0 Å². The van der Waals surface area contributed by atoms with E-state index >= 15 is 0 Å². The van der Waals surface area contributed by atoms with E-state index in [9.17, 15) is 4.79 Å². The van der Waals surface area contributed by atoms with Crippen molar-refractivity contribution in [1.82, 2.24) is 10.3 Å². The van der Waals surface area contributed by atoms with Crippen LogP contribution in [0.5, 0.6) is 0 Å². The molecule has 1 atom stereocenters. The predicted octanol–water partition coefficient (Wildman–Crippen LogP) is 4.98. The summed E-state index contributed by atoms with van der Waals surface area (Å²) in [6.45, 7) is 1.65. The van der Waals surface area contributed by atoms with Crippen molar-refractivity contribution in [2.24, 2.45) is 0 Å². The minimum atomic E-state index is 0.0300. The van der Waals surface area contributed by atoms with Crippen LogP contribution in [0.25, 0.3) is 10.9 Å². The van der Waals surface area contributed by atoms with Crippen molar-refractivity contribution < 1.29 is 0 Å². The first-order valence-corrected chi connectivity index (χ1v) is 10.3. The summed E-state index contributed by atoms with van der Waals surface area (Å²) in [4.78, 5) is 15.4. The fourth-order valence-electron chi connectivity index (χ4n) is 3.52. The SMILES string of the molecule is O=c1cc(NCCCNC2CCc3c(Cl)sc(Cl)c32)[nH]c2ccccc12. The highest BCUT2D eigenvalue weighted by Crippen LogP contribution is 2.46. The smallest absolute Gasteiger partial charge is 0.191 e. The van der Waals surface area contributed by atoms with Crippen LogP contribution in [0.3, 0.4) is 0 Å². The molecule has 0 saturated heterocycles. The molecule has 1 aromatic carbocycles. The van der Waals surface area contributed by atoms with Gasteiger partial charge in [-0.2, -0.15) is 0 Å². The summed E-state index contributed by atoms with van der Waals surface area (Å²) >= 11 is 14.0. The van der Waals surface area contributed by atoms with Gasteiger partial charge >= 0.3 is 0 Å². The topological polar surface area (TPSA) is 56.9 Å². The van der Waals surface area contributed by atoms with Gasteiger partial charge in [0.15, 0.2) is 5.43 Å². The van der Waals surface area contributed by atoms with Crippen LogP contribution < -0.4 is 16.1 Å². The number of aromatic amines is 1. The monoisotopic (exact) mass is 407 g/mol. The molecule has 1 aliphatic carbocycles. The maximum absolute atomic E-state index is 12.1. The van der Waals surface area contributed by atoms with Crippen molar-refractivity contribution in [2.45, 2.75) is 25.3 Å². The fourth-order valence-corrected chi connectivity index (χ4v) is 5.41. The molecule has 0 bridgehead atoms. The second-order valence-corrected chi connectivity index (χ2v) is 8.69. The second kappa shape index (κ2) is 7.61. The van der Waals surface area contributed by atoms with Crippen molar-refractivity contribution >= 4 is 51.3 Å². The highest BCUT2D eigenvalue weighted by atomic mass is 35.5. The van der Waals surface area contributed by atoms with E-state index < -0.39 is 0 Å². The Labute approximate surface area is 165 Å². The lowest BCUT2D eigenvalue weighted by atomic mass is 10.2. The van der Waals surface area contributed by atoms with Gasteiger partial charge in [0.05, 0.1) is 14.2 Å². The maximum Gasteiger partial charge on any atom is 0.191 e. The number of thiophene rings is 1. The van der Waals surface area contributed by atoms with Crippen LogP contribution in [0.1, 0.15) is 30.0 Å². The molecule has 7 heteroatoms. The third-order valence-electron chi connectivity index (χ3n) is 4.78. The van der Waals surface area contributed by atoms with Crippen molar-refractivity contribution in [3.63, 3.8) is 0 Å². The zero-order valence-corrected chi connectivity index (χ0v) is 16.4. The number of halogens is 2. The van der Waals surface area contributed by atoms with E-state index in [0.29, 0.717) is 11.4 Å². The Balaban J connectivity index is 1.30. The third kappa shape index (κ3) is 3.49. The Morgan fingerprint density at radius 3 is 2.92 bits per heavy atom. The van der Waals surface area contributed by atoms with Crippen LogP contribution in [-0.4, -0.2) is 18.1 Å². The Morgan fingerprint density at radius 1 is 1.19 bits per heavy atom. The number of fused-ring (bicyclic) bond motifs is 2. The Hall–Kier alpha value is -1.53. The van der Waals surface area contributed by atoms with E-state index in [1.54, 1.807) is 6.07 Å². The number of H-pyrrole nitrogens is 1. The summed E-state index contributed by atoms with van der Waals surface area (Å²) in [5.74, 6) is 0.754. The summed E-state index contributed by atoms with van der Waals surface area (Å²) in [5, 5.41) is 7.58. The predicted molar refractivity (Wildman–Crippen MR) is 111 cm³/mol. The molecule has 0 saturated carbocycles. The Kier molecular flexibility index (Phi) is 5.23. The van der Waals surface area contributed by atoms with E-state index in [0.717, 1.165) is 52.4 Å². The van der Waals surface area contributed by atoms with Gasteiger partial charge in [0.25, 0.3) is 0 Å². The van der Waals surface area contributed by atoms with E-state index in [2.05, 4.69) is 15.6 Å². The molecule has 0 fully saturated rings. The van der Waals surface area contributed by atoms with Crippen LogP contribution in [0.4, 0.5) is 5.82 Å². The van der Waals surface area contributed by atoms with Gasteiger partial charge in [-0.15, -0.1) is 11.3 Å². The first-order valence-electron chi connectivity index (χ1n) is 8.69. The van der Waals surface area contributed by atoms with E-state index in [1.807, 2.05) is 24.3 Å². The zero-order valence-electron chi connectivity index (χ0n) is 14.1. The number of hydrogen-bond acceptors (Lipinski definition) is 4. The molecule has 136 valence electrons. The Bertz CT molecular complexity index is 998. The number of benzene rings is 1. The minimum absolute atomic E-state index is 0.0300. The molecule has 0 spiro atoms. The number of anilines is 1. The van der Waals surface area contributed by atoms with Crippen molar-refractivity contribution in [3.8, 4) is 0 Å². The molecular weight excluding hydrogens is 389 g/mol. The van der Waals surface area contributed by atoms with Crippen molar-refractivity contribution in [3.05, 3.63) is 60.4 Å². The second-order valence-electron chi connectivity index (χ2n) is 6.46. The van der Waals surface area contributed by atoms with Gasteiger partial charge in [-0.3, -0.25) is 4.79 Å². The van der Waals surface area contributed by atoms with Crippen LogP contribution in [0.2, 0.25) is 8.67 Å². The summed E-state index contributed by atoms with van der Waals surface area (Å²) < 4.78 is 1.64. The standard InChI is InChI=1S/C19H19Cl2N3OS/c20-18-12-6-7-14(17(12)19(21)26-18)22-8-3-9-23-16-10-15(25)11-4-1-2-5-13(11)24-16/h1-2,4-5,10,14,22H,3,6-9H2,(H2,23,24,25). The molecule has 1 aliphatic rings. The average molecular weight is 408 g/mol. The average Bonchev–Trinajstić information content (AvgIpc) is 3.17. The fraction of sp³-hybridized carbons (Fsp3) is 0.316. The molecule has 4 nitrogen and oxygen atoms in total. The first kappa shape index (κ1) is 17.9. The first-order chi connectivity index (χ1) is 12.6. The maximum atomic E-state index is 12.1. The van der Waals surface area contributed by atoms with Gasteiger partial charge in [0, 0.05) is 29.6 Å². The number of nitrogens with one attached hydrogen (secondary N) is 3. The lowest BCUT2D eigenvalue weighted by molar-refractivity contribution is 0.526. The van der Waals surface area contributed by atoms with Crippen LogP contribution in [-0.2, 0) is 6.42 Å². The molecule has 4 rings (SSSR count). The lowest BCUT2D eigenvalue weighted by Crippen LogP contribution is -2.22. The molecule has 0 aliphatic heterocycles. The van der Waals surface area contributed by atoms with Crippen LogP contribution >= 0.6 is 34.5 Å². The van der Waals surface area contributed by atoms with Gasteiger partial charge in [0.1, 0.15) is 5.82 Å². The zero-order chi connectivity index (χ0) is 18.1. The van der Waals surface area contributed by atoms with Gasteiger partial charge < -0.3 is 15.6 Å². The molecule has 1 unspecified atom stereocenters. The van der Waals surface area contributed by atoms with Crippen molar-refractivity contribution in [2.75, 3.05) is 18.4 Å². The summed E-state index contributed by atoms with van der Waals surface area (Å²) in [6, 6.07) is 9.45. The summed E-state index contributed by atoms with van der Waals surface area (Å²) in [6.07, 6.45) is 2.98. The number of hydrogen-bond donors (Lipinski definition) is 3. The van der Waals surface area contributed by atoms with E-state index in [4.69, 9.17) is 23.2 Å².